The zero-order chi connectivity index (χ0) is 24.5. The SMILES string of the molecule is CN1C(=O)N(c2nc(Oc3cccnc3OCC(=O)O)c(Cl)cc2F)C(O)C=C1C(F)(F)F. The lowest BCUT2D eigenvalue weighted by Gasteiger charge is -2.36. The smallest absolute Gasteiger partial charge is 0.431 e. The molecular weight excluding hydrogens is 480 g/mol. The quantitative estimate of drug-likeness (QED) is 0.589. The molecule has 1 aliphatic rings. The van der Waals surface area contributed by atoms with Gasteiger partial charge in [0.2, 0.25) is 5.88 Å². The number of aliphatic hydroxyl groups excluding tert-OH is 1. The van der Waals surface area contributed by atoms with E-state index in [0.29, 0.717) is 12.1 Å². The average Bonchev–Trinajstić information content (AvgIpc) is 2.72. The number of allylic oxidation sites excluding steroid dienone is 1. The van der Waals surface area contributed by atoms with E-state index in [9.17, 15) is 32.3 Å². The Hall–Kier alpha value is -3.65. The molecule has 33 heavy (non-hydrogen) atoms. The Morgan fingerprint density at radius 1 is 1.33 bits per heavy atom. The van der Waals surface area contributed by atoms with Crippen molar-refractivity contribution in [2.45, 2.75) is 12.4 Å². The van der Waals surface area contributed by atoms with Crippen LogP contribution in [0.3, 0.4) is 0 Å². The standard InChI is InChI=1S/C18H13ClF4N4O6/c1-26-11(18(21,22)23)6-12(28)27(17(26)31)14-9(20)5-8(19)15(25-14)33-10-3-2-4-24-16(10)32-7-13(29)30/h2-6,12,28H,7H2,1H3,(H,29,30). The topological polar surface area (TPSA) is 125 Å². The number of amides is 2. The number of hydrogen-bond donors (Lipinski definition) is 2. The molecule has 0 saturated heterocycles. The second-order valence-electron chi connectivity index (χ2n) is 6.35. The van der Waals surface area contributed by atoms with Crippen LogP contribution in [-0.4, -0.2) is 63.1 Å². The zero-order valence-corrected chi connectivity index (χ0v) is 17.1. The minimum atomic E-state index is -4.95. The number of aliphatic carboxylic acids is 1. The largest absolute Gasteiger partial charge is 0.479 e. The van der Waals surface area contributed by atoms with Crippen LogP contribution in [0.25, 0.3) is 0 Å². The van der Waals surface area contributed by atoms with E-state index in [1.807, 2.05) is 0 Å². The molecule has 0 saturated carbocycles. The highest BCUT2D eigenvalue weighted by Crippen LogP contribution is 2.38. The Bertz CT molecular complexity index is 1130. The monoisotopic (exact) mass is 492 g/mol. The van der Waals surface area contributed by atoms with Crippen molar-refractivity contribution in [3.8, 4) is 17.5 Å². The van der Waals surface area contributed by atoms with Gasteiger partial charge in [0.15, 0.2) is 30.2 Å². The molecule has 2 N–H and O–H groups in total. The van der Waals surface area contributed by atoms with Crippen LogP contribution < -0.4 is 14.4 Å². The summed E-state index contributed by atoms with van der Waals surface area (Å²) in [7, 11) is 0.785. The van der Waals surface area contributed by atoms with E-state index in [1.54, 1.807) is 0 Å². The van der Waals surface area contributed by atoms with Crippen LogP contribution in [0.5, 0.6) is 17.5 Å². The van der Waals surface area contributed by atoms with Gasteiger partial charge in [-0.15, -0.1) is 0 Å². The third kappa shape index (κ3) is 5.06. The van der Waals surface area contributed by atoms with Crippen LogP contribution in [0.15, 0.2) is 36.2 Å². The highest BCUT2D eigenvalue weighted by molar-refractivity contribution is 6.32. The molecule has 0 spiro atoms. The fraction of sp³-hybridized carbons (Fsp3) is 0.222. The van der Waals surface area contributed by atoms with Gasteiger partial charge < -0.3 is 19.7 Å². The summed E-state index contributed by atoms with van der Waals surface area (Å²) in [6, 6.07) is 1.91. The molecule has 1 unspecified atom stereocenters. The van der Waals surface area contributed by atoms with E-state index in [-0.39, 0.29) is 21.4 Å². The van der Waals surface area contributed by atoms with Gasteiger partial charge in [0.1, 0.15) is 10.7 Å². The molecule has 2 aromatic rings. The molecule has 3 rings (SSSR count). The molecule has 1 aliphatic heterocycles. The first-order valence-corrected chi connectivity index (χ1v) is 9.15. The highest BCUT2D eigenvalue weighted by atomic mass is 35.5. The van der Waals surface area contributed by atoms with Crippen molar-refractivity contribution in [2.24, 2.45) is 0 Å². The van der Waals surface area contributed by atoms with Crippen molar-refractivity contribution in [3.05, 3.63) is 47.0 Å². The van der Waals surface area contributed by atoms with E-state index < -0.39 is 59.2 Å². The number of alkyl halides is 3. The molecule has 0 bridgehead atoms. The molecule has 176 valence electrons. The molecule has 3 heterocycles. The maximum atomic E-state index is 14.6. The number of hydrogen-bond acceptors (Lipinski definition) is 7. The second-order valence-corrected chi connectivity index (χ2v) is 6.75. The van der Waals surface area contributed by atoms with Crippen LogP contribution >= 0.6 is 11.6 Å². The third-order valence-corrected chi connectivity index (χ3v) is 4.37. The van der Waals surface area contributed by atoms with Gasteiger partial charge in [-0.1, -0.05) is 11.6 Å². The summed E-state index contributed by atoms with van der Waals surface area (Å²) in [6.45, 7) is -0.766. The lowest BCUT2D eigenvalue weighted by Crippen LogP contribution is -2.53. The number of urea groups is 1. The molecular formula is C18H13ClF4N4O6. The number of halogens is 5. The van der Waals surface area contributed by atoms with Crippen LogP contribution in [0.1, 0.15) is 0 Å². The molecule has 0 aliphatic carbocycles. The van der Waals surface area contributed by atoms with E-state index >= 15 is 0 Å². The van der Waals surface area contributed by atoms with Gasteiger partial charge in [-0.05, 0) is 18.2 Å². The van der Waals surface area contributed by atoms with Crippen molar-refractivity contribution in [1.82, 2.24) is 14.9 Å². The minimum absolute atomic E-state index is 0.169. The normalized spacial score (nSPS) is 16.5. The third-order valence-electron chi connectivity index (χ3n) is 4.10. The van der Waals surface area contributed by atoms with Crippen LogP contribution in [0.4, 0.5) is 28.2 Å². The number of pyridine rings is 2. The van der Waals surface area contributed by atoms with Crippen molar-refractivity contribution in [2.75, 3.05) is 18.6 Å². The molecule has 1 atom stereocenters. The Balaban J connectivity index is 1.99. The van der Waals surface area contributed by atoms with E-state index in [2.05, 4.69) is 9.97 Å². The first-order valence-electron chi connectivity index (χ1n) is 8.77. The van der Waals surface area contributed by atoms with Crippen LogP contribution in [0, 0.1) is 5.82 Å². The van der Waals surface area contributed by atoms with Gasteiger partial charge in [0, 0.05) is 19.3 Å². The first kappa shape index (κ1) is 24.0. The molecule has 0 radical (unpaired) electrons. The van der Waals surface area contributed by atoms with Crippen molar-refractivity contribution in [3.63, 3.8) is 0 Å². The summed E-state index contributed by atoms with van der Waals surface area (Å²) < 4.78 is 64.2. The zero-order valence-electron chi connectivity index (χ0n) is 16.4. The lowest BCUT2D eigenvalue weighted by molar-refractivity contribution is -0.139. The number of anilines is 1. The average molecular weight is 493 g/mol. The molecule has 15 heteroatoms. The predicted molar refractivity (Wildman–Crippen MR) is 102 cm³/mol. The number of aliphatic hydroxyl groups is 1. The molecule has 2 amide bonds. The Morgan fingerprint density at radius 3 is 2.67 bits per heavy atom. The van der Waals surface area contributed by atoms with Crippen molar-refractivity contribution >= 4 is 29.4 Å². The second kappa shape index (κ2) is 9.07. The van der Waals surface area contributed by atoms with E-state index in [4.69, 9.17) is 26.2 Å². The molecule has 2 aromatic heterocycles. The number of carbonyl (C=O) groups is 2. The summed E-state index contributed by atoms with van der Waals surface area (Å²) in [5.41, 5.74) is -1.45. The number of carbonyl (C=O) groups excluding carboxylic acids is 1. The van der Waals surface area contributed by atoms with E-state index in [0.717, 1.165) is 7.05 Å². The Labute approximate surface area is 187 Å². The Kier molecular flexibility index (Phi) is 6.60. The lowest BCUT2D eigenvalue weighted by atomic mass is 10.2. The molecule has 0 fully saturated rings. The predicted octanol–water partition coefficient (Wildman–Crippen LogP) is 3.16. The fourth-order valence-corrected chi connectivity index (χ4v) is 2.86. The first-order chi connectivity index (χ1) is 15.4. The van der Waals surface area contributed by atoms with Crippen LogP contribution in [0.2, 0.25) is 5.02 Å². The van der Waals surface area contributed by atoms with Gasteiger partial charge in [0.25, 0.3) is 5.88 Å². The summed E-state index contributed by atoms with van der Waals surface area (Å²) in [5, 5.41) is 18.4. The maximum Gasteiger partial charge on any atom is 0.431 e. The van der Waals surface area contributed by atoms with Gasteiger partial charge in [-0.3, -0.25) is 4.90 Å². The number of aromatic nitrogens is 2. The number of nitrogens with zero attached hydrogens (tertiary/aromatic N) is 4. The van der Waals surface area contributed by atoms with Gasteiger partial charge >= 0.3 is 18.2 Å². The number of carboxylic acid groups (broad SMARTS) is 1. The Morgan fingerprint density at radius 2 is 2.03 bits per heavy atom. The minimum Gasteiger partial charge on any atom is -0.479 e. The number of carboxylic acids is 1. The van der Waals surface area contributed by atoms with Gasteiger partial charge in [0.05, 0.1) is 0 Å². The summed E-state index contributed by atoms with van der Waals surface area (Å²) in [4.78, 5) is 31.2. The summed E-state index contributed by atoms with van der Waals surface area (Å²) >= 11 is 5.93. The van der Waals surface area contributed by atoms with Gasteiger partial charge in [-0.2, -0.15) is 18.2 Å². The van der Waals surface area contributed by atoms with Crippen LogP contribution in [-0.2, 0) is 4.79 Å². The number of rotatable bonds is 6. The molecule has 10 nitrogen and oxygen atoms in total. The summed E-state index contributed by atoms with van der Waals surface area (Å²) in [6.07, 6.45) is -5.60. The van der Waals surface area contributed by atoms with Gasteiger partial charge in [-0.25, -0.2) is 23.9 Å². The van der Waals surface area contributed by atoms with Crippen molar-refractivity contribution < 1.29 is 46.8 Å². The number of ether oxygens (including phenoxy) is 2. The highest BCUT2D eigenvalue weighted by Gasteiger charge is 2.45. The maximum absolute atomic E-state index is 14.6. The summed E-state index contributed by atoms with van der Waals surface area (Å²) in [5.74, 6) is -4.43. The van der Waals surface area contributed by atoms with E-state index in [1.165, 1.54) is 18.3 Å². The molecule has 0 aromatic carbocycles. The van der Waals surface area contributed by atoms with Crippen molar-refractivity contribution in [1.29, 1.82) is 0 Å². The fourth-order valence-electron chi connectivity index (χ4n) is 2.68.